The van der Waals surface area contributed by atoms with Crippen molar-refractivity contribution in [2.45, 2.75) is 97.8 Å². The molecule has 1 nitrogen and oxygen atoms in total. The second kappa shape index (κ2) is 11.0. The molecule has 1 aromatic heterocycles. The highest BCUT2D eigenvalue weighted by atomic mass is 14.7. The van der Waals surface area contributed by atoms with Gasteiger partial charge in [0.15, 0.2) is 0 Å². The molecule has 0 atom stereocenters. The van der Waals surface area contributed by atoms with E-state index in [4.69, 9.17) is 0 Å². The van der Waals surface area contributed by atoms with Gasteiger partial charge in [0.2, 0.25) is 0 Å². The molecule has 1 rings (SSSR count). The number of unbranched alkanes of at least 4 members (excludes halogenated alkanes) is 6. The lowest BCUT2D eigenvalue weighted by atomic mass is 9.97. The van der Waals surface area contributed by atoms with E-state index >= 15 is 0 Å². The highest BCUT2D eigenvalue weighted by molar-refractivity contribution is 5.31. The Hall–Kier alpha value is -0.720. The van der Waals surface area contributed by atoms with E-state index in [0.29, 0.717) is 0 Å². The third kappa shape index (κ3) is 6.15. The van der Waals surface area contributed by atoms with Crippen LogP contribution in [0, 0.1) is 0 Å². The molecular weight excluding hydrogens is 242 g/mol. The first kappa shape index (κ1) is 17.3. The highest BCUT2D eigenvalue weighted by Crippen LogP contribution is 2.21. The zero-order valence-corrected chi connectivity index (χ0v) is 14.1. The van der Waals surface area contributed by atoms with Gasteiger partial charge in [-0.15, -0.1) is 0 Å². The van der Waals surface area contributed by atoms with Crippen molar-refractivity contribution < 1.29 is 0 Å². The minimum absolute atomic E-state index is 1.25. The van der Waals surface area contributed by atoms with Crippen LogP contribution in [0.5, 0.6) is 0 Å². The van der Waals surface area contributed by atoms with Crippen molar-refractivity contribution in [1.82, 2.24) is 4.98 Å². The van der Waals surface area contributed by atoms with E-state index in [9.17, 15) is 0 Å². The van der Waals surface area contributed by atoms with E-state index in [-0.39, 0.29) is 0 Å². The van der Waals surface area contributed by atoms with Crippen LogP contribution in [0.3, 0.4) is 0 Å². The minimum atomic E-state index is 1.25. The molecule has 0 aliphatic rings. The third-order valence-electron chi connectivity index (χ3n) is 4.28. The van der Waals surface area contributed by atoms with Gasteiger partial charge in [-0.1, -0.05) is 59.3 Å². The molecule has 0 amide bonds. The number of hydrogen-bond acceptors (Lipinski definition) is 0. The number of hydrogen-bond donors (Lipinski definition) is 1. The normalized spacial score (nSPS) is 11.2. The molecule has 0 fully saturated rings. The zero-order chi connectivity index (χ0) is 14.6. The lowest BCUT2D eigenvalue weighted by Crippen LogP contribution is -1.97. The van der Waals surface area contributed by atoms with Crippen LogP contribution in [0.4, 0.5) is 0 Å². The van der Waals surface area contributed by atoms with Gasteiger partial charge in [0, 0.05) is 11.9 Å². The lowest BCUT2D eigenvalue weighted by Gasteiger charge is -2.08. The largest absolute Gasteiger partial charge is 0.364 e. The average Bonchev–Trinajstić information content (AvgIpc) is 2.83. The van der Waals surface area contributed by atoms with Gasteiger partial charge in [-0.2, -0.15) is 0 Å². The van der Waals surface area contributed by atoms with Gasteiger partial charge in [-0.3, -0.25) is 0 Å². The number of aromatic amines is 1. The highest BCUT2D eigenvalue weighted by Gasteiger charge is 2.10. The molecule has 0 saturated carbocycles. The van der Waals surface area contributed by atoms with E-state index in [0.717, 1.165) is 0 Å². The van der Waals surface area contributed by atoms with Crippen LogP contribution in [0.1, 0.15) is 95.4 Å². The smallest absolute Gasteiger partial charge is 0.0182 e. The molecule has 0 aliphatic heterocycles. The summed E-state index contributed by atoms with van der Waals surface area (Å²) in [7, 11) is 0. The first-order chi connectivity index (χ1) is 9.83. The van der Waals surface area contributed by atoms with Crippen LogP contribution < -0.4 is 0 Å². The fourth-order valence-electron chi connectivity index (χ4n) is 2.97. The van der Waals surface area contributed by atoms with E-state index in [1.165, 1.54) is 77.0 Å². The van der Waals surface area contributed by atoms with Crippen molar-refractivity contribution >= 4 is 0 Å². The maximum Gasteiger partial charge on any atom is 0.0182 e. The zero-order valence-electron chi connectivity index (χ0n) is 14.1. The number of aryl methyl sites for hydroxylation is 2. The van der Waals surface area contributed by atoms with E-state index < -0.39 is 0 Å². The van der Waals surface area contributed by atoms with Crippen molar-refractivity contribution in [2.24, 2.45) is 0 Å². The van der Waals surface area contributed by atoms with Crippen LogP contribution in [0.25, 0.3) is 0 Å². The summed E-state index contributed by atoms with van der Waals surface area (Å²) in [6.07, 6.45) is 18.2. The molecule has 0 spiro atoms. The predicted octanol–water partition coefficient (Wildman–Crippen LogP) is 6.21. The van der Waals surface area contributed by atoms with Crippen LogP contribution in [0.2, 0.25) is 0 Å². The van der Waals surface area contributed by atoms with E-state index in [2.05, 4.69) is 32.0 Å². The molecule has 0 radical (unpaired) electrons. The maximum absolute atomic E-state index is 3.59. The summed E-state index contributed by atoms with van der Waals surface area (Å²) in [6, 6.07) is 0. The molecule has 1 N–H and O–H groups in total. The van der Waals surface area contributed by atoms with Crippen molar-refractivity contribution in [3.8, 4) is 0 Å². The molecule has 0 bridgehead atoms. The molecule has 0 aromatic carbocycles. The number of nitrogens with one attached hydrogen (secondary N) is 1. The van der Waals surface area contributed by atoms with Gasteiger partial charge in [0.25, 0.3) is 0 Å². The standard InChI is InChI=1S/C19H35N/c1-4-7-10-13-17-16-20-19(15-12-9-6-3)18(17)14-11-8-5-2/h16,20H,4-15H2,1-3H3. The predicted molar refractivity (Wildman–Crippen MR) is 90.5 cm³/mol. The summed E-state index contributed by atoms with van der Waals surface area (Å²) < 4.78 is 0. The van der Waals surface area contributed by atoms with Crippen molar-refractivity contribution in [1.29, 1.82) is 0 Å². The molecule has 116 valence electrons. The van der Waals surface area contributed by atoms with Crippen molar-refractivity contribution in [3.63, 3.8) is 0 Å². The molecular formula is C19H35N. The Balaban J connectivity index is 2.60. The summed E-state index contributed by atoms with van der Waals surface area (Å²) in [5.74, 6) is 0. The lowest BCUT2D eigenvalue weighted by molar-refractivity contribution is 0.679. The summed E-state index contributed by atoms with van der Waals surface area (Å²) in [5, 5.41) is 0. The van der Waals surface area contributed by atoms with E-state index in [1.54, 1.807) is 16.8 Å². The first-order valence-corrected chi connectivity index (χ1v) is 9.01. The topological polar surface area (TPSA) is 15.8 Å². The average molecular weight is 277 g/mol. The minimum Gasteiger partial charge on any atom is -0.364 e. The Labute approximate surface area is 126 Å². The molecule has 1 heteroatoms. The Morgan fingerprint density at radius 3 is 1.85 bits per heavy atom. The van der Waals surface area contributed by atoms with Crippen LogP contribution in [0.15, 0.2) is 6.20 Å². The second-order valence-electron chi connectivity index (χ2n) is 6.14. The Bertz CT molecular complexity index is 310. The summed E-state index contributed by atoms with van der Waals surface area (Å²) in [4.78, 5) is 3.59. The Kier molecular flexibility index (Phi) is 9.53. The Morgan fingerprint density at radius 1 is 0.700 bits per heavy atom. The molecule has 1 heterocycles. The number of aromatic nitrogens is 1. The fraction of sp³-hybridized carbons (Fsp3) is 0.789. The molecule has 1 aromatic rings. The number of H-pyrrole nitrogens is 1. The summed E-state index contributed by atoms with van der Waals surface area (Å²) in [6.45, 7) is 6.87. The van der Waals surface area contributed by atoms with Gasteiger partial charge in [0.1, 0.15) is 0 Å². The molecule has 20 heavy (non-hydrogen) atoms. The molecule has 0 aliphatic carbocycles. The molecule has 0 saturated heterocycles. The van der Waals surface area contributed by atoms with Gasteiger partial charge in [-0.05, 0) is 49.7 Å². The van der Waals surface area contributed by atoms with Crippen molar-refractivity contribution in [2.75, 3.05) is 0 Å². The monoisotopic (exact) mass is 277 g/mol. The SMILES string of the molecule is CCCCCc1c[nH]c(CCCCC)c1CCCCC. The molecule has 0 unspecified atom stereocenters. The number of rotatable bonds is 12. The maximum atomic E-state index is 3.59. The Morgan fingerprint density at radius 2 is 1.25 bits per heavy atom. The second-order valence-corrected chi connectivity index (χ2v) is 6.14. The van der Waals surface area contributed by atoms with Crippen LogP contribution in [-0.2, 0) is 19.3 Å². The van der Waals surface area contributed by atoms with Crippen molar-refractivity contribution in [3.05, 3.63) is 23.0 Å². The first-order valence-electron chi connectivity index (χ1n) is 9.01. The van der Waals surface area contributed by atoms with Gasteiger partial charge in [0.05, 0.1) is 0 Å². The van der Waals surface area contributed by atoms with Crippen LogP contribution in [-0.4, -0.2) is 4.98 Å². The summed E-state index contributed by atoms with van der Waals surface area (Å²) in [5.41, 5.74) is 4.83. The summed E-state index contributed by atoms with van der Waals surface area (Å²) >= 11 is 0. The van der Waals surface area contributed by atoms with Gasteiger partial charge in [-0.25, -0.2) is 0 Å². The van der Waals surface area contributed by atoms with Gasteiger partial charge >= 0.3 is 0 Å². The third-order valence-corrected chi connectivity index (χ3v) is 4.28. The van der Waals surface area contributed by atoms with E-state index in [1.807, 2.05) is 0 Å². The fourth-order valence-corrected chi connectivity index (χ4v) is 2.97. The van der Waals surface area contributed by atoms with Crippen LogP contribution >= 0.6 is 0 Å². The quantitative estimate of drug-likeness (QED) is 0.437. The van der Waals surface area contributed by atoms with Gasteiger partial charge < -0.3 is 4.98 Å².